The molecule has 0 heterocycles. The lowest BCUT2D eigenvalue weighted by molar-refractivity contribution is -0.151. The van der Waals surface area contributed by atoms with Crippen molar-refractivity contribution in [3.63, 3.8) is 0 Å². The van der Waals surface area contributed by atoms with Crippen LogP contribution in [0.4, 0.5) is 0 Å². The van der Waals surface area contributed by atoms with Gasteiger partial charge < -0.3 is 66.7 Å². The summed E-state index contributed by atoms with van der Waals surface area (Å²) < 4.78 is 70.6. The summed E-state index contributed by atoms with van der Waals surface area (Å²) >= 11 is 0. The van der Waals surface area contributed by atoms with E-state index in [0.717, 1.165) is 13.0 Å². The first-order chi connectivity index (χ1) is 28.6. The number of carbonyl (C=O) groups is 3. The van der Waals surface area contributed by atoms with Gasteiger partial charge in [0.1, 0.15) is 6.61 Å². The van der Waals surface area contributed by atoms with E-state index in [-0.39, 0.29) is 26.1 Å². The van der Waals surface area contributed by atoms with Crippen LogP contribution in [0, 0.1) is 0 Å². The molecule has 0 bridgehead atoms. The zero-order valence-electron chi connectivity index (χ0n) is 35.6. The Labute approximate surface area is 347 Å². The van der Waals surface area contributed by atoms with Gasteiger partial charge in [0.25, 0.3) is 0 Å². The van der Waals surface area contributed by atoms with Crippen LogP contribution < -0.4 is 0 Å². The highest BCUT2D eigenvalue weighted by Crippen LogP contribution is 2.10. The average Bonchev–Trinajstić information content (AvgIpc) is 3.22. The Kier molecular flexibility index (Phi) is 47.9. The topological polar surface area (TPSA) is 191 Å². The summed E-state index contributed by atoms with van der Waals surface area (Å²) in [5.74, 6) is -3.24. The van der Waals surface area contributed by atoms with Gasteiger partial charge >= 0.3 is 11.9 Å². The lowest BCUT2D eigenvalue weighted by Crippen LogP contribution is -2.17. The highest BCUT2D eigenvalue weighted by Gasteiger charge is 2.14. The number of ether oxygens (including phenoxy) is 13. The van der Waals surface area contributed by atoms with Gasteiger partial charge in [-0.3, -0.25) is 9.59 Å². The van der Waals surface area contributed by atoms with Crippen LogP contribution in [0.15, 0.2) is 0 Å². The first-order valence-corrected chi connectivity index (χ1v) is 21.4. The normalized spacial score (nSPS) is 11.4. The molecule has 0 aliphatic carbocycles. The Morgan fingerprint density at radius 1 is 0.310 bits per heavy atom. The molecule has 1 N–H and O–H groups in total. The highest BCUT2D eigenvalue weighted by atomic mass is 16.6. The second-order valence-corrected chi connectivity index (χ2v) is 13.0. The molecule has 0 spiro atoms. The molecule has 0 fully saturated rings. The predicted molar refractivity (Wildman–Crippen MR) is 215 cm³/mol. The number of hydrogen-bond acceptors (Lipinski definition) is 16. The van der Waals surface area contributed by atoms with Crippen LogP contribution in [0.5, 0.6) is 0 Å². The fourth-order valence-corrected chi connectivity index (χ4v) is 4.82. The second kappa shape index (κ2) is 49.5. The minimum Gasteiger partial charge on any atom is -0.476 e. The summed E-state index contributed by atoms with van der Waals surface area (Å²) in [7, 11) is 0. The highest BCUT2D eigenvalue weighted by molar-refractivity contribution is 6.32. The Balaban J connectivity index is 3.11. The van der Waals surface area contributed by atoms with Crippen molar-refractivity contribution in [1.82, 2.24) is 0 Å². The first-order valence-electron chi connectivity index (χ1n) is 21.4. The monoisotopic (exact) mass is 843 g/mol. The molecule has 344 valence electrons. The fourth-order valence-electron chi connectivity index (χ4n) is 4.82. The smallest absolute Gasteiger partial charge is 0.372 e. The van der Waals surface area contributed by atoms with Gasteiger partial charge in [-0.15, -0.1) is 0 Å². The largest absolute Gasteiger partial charge is 0.476 e. The van der Waals surface area contributed by atoms with Crippen molar-refractivity contribution in [2.75, 3.05) is 165 Å². The number of hydrogen-bond donors (Lipinski definition) is 1. The molecule has 0 unspecified atom stereocenters. The SMILES string of the molecule is CCCCCCCCCCCCOCCOCCOCCOCCOCCOCCOCCOCCOCCOCCOCCOCCOC(=O)CCC(=O)C(=O)O. The lowest BCUT2D eigenvalue weighted by atomic mass is 10.1. The van der Waals surface area contributed by atoms with E-state index >= 15 is 0 Å². The van der Waals surface area contributed by atoms with Crippen LogP contribution in [0.3, 0.4) is 0 Å². The Morgan fingerprint density at radius 2 is 0.552 bits per heavy atom. The van der Waals surface area contributed by atoms with Crippen LogP contribution in [0.25, 0.3) is 0 Å². The van der Waals surface area contributed by atoms with Crippen LogP contribution in [-0.4, -0.2) is 188 Å². The predicted octanol–water partition coefficient (Wildman–Crippen LogP) is 4.08. The van der Waals surface area contributed by atoms with E-state index in [1.54, 1.807) is 0 Å². The summed E-state index contributed by atoms with van der Waals surface area (Å²) in [6.07, 6.45) is 12.7. The maximum Gasteiger partial charge on any atom is 0.372 e. The van der Waals surface area contributed by atoms with Gasteiger partial charge in [-0.2, -0.15) is 0 Å². The number of esters is 1. The van der Waals surface area contributed by atoms with E-state index in [2.05, 4.69) is 6.92 Å². The van der Waals surface area contributed by atoms with E-state index in [1.807, 2.05) is 0 Å². The number of Topliss-reactive ketones (excluding diaryl/α,β-unsaturated/α-hetero) is 1. The van der Waals surface area contributed by atoms with E-state index in [9.17, 15) is 14.4 Å². The number of aliphatic carboxylic acids is 1. The average molecular weight is 843 g/mol. The number of ketones is 1. The van der Waals surface area contributed by atoms with E-state index in [0.29, 0.717) is 145 Å². The van der Waals surface area contributed by atoms with Crippen LogP contribution in [0.2, 0.25) is 0 Å². The fraction of sp³-hybridized carbons (Fsp3) is 0.927. The van der Waals surface area contributed by atoms with Crippen molar-refractivity contribution in [3.05, 3.63) is 0 Å². The van der Waals surface area contributed by atoms with Crippen molar-refractivity contribution in [2.45, 2.75) is 84.0 Å². The molecule has 0 aromatic heterocycles. The summed E-state index contributed by atoms with van der Waals surface area (Å²) in [6.45, 7) is 13.9. The molecule has 0 aliphatic rings. The van der Waals surface area contributed by atoms with Crippen LogP contribution in [-0.2, 0) is 76.0 Å². The Hall–Kier alpha value is -1.87. The summed E-state index contributed by atoms with van der Waals surface area (Å²) in [5, 5.41) is 8.46. The van der Waals surface area contributed by atoms with Gasteiger partial charge in [0.2, 0.25) is 5.78 Å². The molecule has 0 aliphatic heterocycles. The molecular formula is C41H78O17. The van der Waals surface area contributed by atoms with Crippen molar-refractivity contribution < 1.29 is 81.1 Å². The van der Waals surface area contributed by atoms with Gasteiger partial charge in [0.15, 0.2) is 0 Å². The maximum absolute atomic E-state index is 11.4. The number of rotatable bonds is 51. The third-order valence-electron chi connectivity index (χ3n) is 8.02. The van der Waals surface area contributed by atoms with Crippen LogP contribution >= 0.6 is 0 Å². The third kappa shape index (κ3) is 48.5. The van der Waals surface area contributed by atoms with Crippen molar-refractivity contribution in [1.29, 1.82) is 0 Å². The number of carboxylic acids is 1. The first kappa shape index (κ1) is 56.1. The Bertz CT molecular complexity index is 867. The molecule has 0 rings (SSSR count). The maximum atomic E-state index is 11.4. The molecule has 0 aromatic carbocycles. The standard InChI is InChI=1S/C41H78O17/c1-2-3-4-5-6-7-8-9-10-11-14-46-15-16-47-17-18-48-19-20-49-21-22-50-23-24-51-25-26-52-27-28-53-29-30-54-31-32-55-33-34-56-35-36-57-37-38-58-40(43)13-12-39(42)41(44)45/h2-38H2,1H3,(H,44,45). The summed E-state index contributed by atoms with van der Waals surface area (Å²) in [6, 6.07) is 0. The zero-order valence-corrected chi connectivity index (χ0v) is 35.6. The molecule has 17 heteroatoms. The zero-order chi connectivity index (χ0) is 42.1. The second-order valence-electron chi connectivity index (χ2n) is 13.0. The number of unbranched alkanes of at least 4 members (excludes halogenated alkanes) is 9. The van der Waals surface area contributed by atoms with Crippen molar-refractivity contribution >= 4 is 17.7 Å². The molecule has 0 aromatic rings. The van der Waals surface area contributed by atoms with Crippen molar-refractivity contribution in [2.24, 2.45) is 0 Å². The number of carboxylic acid groups (broad SMARTS) is 1. The third-order valence-corrected chi connectivity index (χ3v) is 8.02. The Morgan fingerprint density at radius 3 is 0.828 bits per heavy atom. The molecule has 0 saturated heterocycles. The summed E-state index contributed by atoms with van der Waals surface area (Å²) in [5.41, 5.74) is 0. The van der Waals surface area contributed by atoms with Gasteiger partial charge in [0.05, 0.1) is 158 Å². The molecule has 0 radical (unpaired) electrons. The number of carbonyl (C=O) groups excluding carboxylic acids is 2. The summed E-state index contributed by atoms with van der Waals surface area (Å²) in [4.78, 5) is 32.7. The quantitative estimate of drug-likeness (QED) is 0.0523. The van der Waals surface area contributed by atoms with E-state index in [1.165, 1.54) is 57.8 Å². The van der Waals surface area contributed by atoms with Gasteiger partial charge in [-0.25, -0.2) is 4.79 Å². The molecule has 0 saturated carbocycles. The molecule has 0 amide bonds. The molecule has 17 nitrogen and oxygen atoms in total. The van der Waals surface area contributed by atoms with Gasteiger partial charge in [0, 0.05) is 13.0 Å². The minimum absolute atomic E-state index is 0.0132. The lowest BCUT2D eigenvalue weighted by Gasteiger charge is -2.09. The molecular weight excluding hydrogens is 764 g/mol. The van der Waals surface area contributed by atoms with Crippen LogP contribution in [0.1, 0.15) is 84.0 Å². The van der Waals surface area contributed by atoms with E-state index in [4.69, 9.17) is 66.7 Å². The van der Waals surface area contributed by atoms with Crippen molar-refractivity contribution in [3.8, 4) is 0 Å². The van der Waals surface area contributed by atoms with E-state index < -0.39 is 17.7 Å². The van der Waals surface area contributed by atoms with Gasteiger partial charge in [-0.1, -0.05) is 64.7 Å². The van der Waals surface area contributed by atoms with Gasteiger partial charge in [-0.05, 0) is 6.42 Å². The molecule has 0 atom stereocenters. The minimum atomic E-state index is -1.56. The molecule has 58 heavy (non-hydrogen) atoms.